The molecule has 1 N–H and O–H groups in total. The van der Waals surface area contributed by atoms with Gasteiger partial charge in [0.25, 0.3) is 0 Å². The lowest BCUT2D eigenvalue weighted by Gasteiger charge is -2.26. The average Bonchev–Trinajstić information content (AvgIpc) is 2.38. The fourth-order valence-electron chi connectivity index (χ4n) is 2.20. The molecule has 0 radical (unpaired) electrons. The third-order valence-electron chi connectivity index (χ3n) is 3.18. The van der Waals surface area contributed by atoms with Gasteiger partial charge < -0.3 is 10.1 Å². The van der Waals surface area contributed by atoms with Crippen molar-refractivity contribution >= 4 is 15.9 Å². The van der Waals surface area contributed by atoms with Crippen molar-refractivity contribution in [3.8, 4) is 0 Å². The Morgan fingerprint density at radius 3 is 2.79 bits per heavy atom. The summed E-state index contributed by atoms with van der Waals surface area (Å²) in [5.41, 5.74) is 0.971. The molecule has 0 spiro atoms. The highest BCUT2D eigenvalue weighted by atomic mass is 79.9. The van der Waals surface area contributed by atoms with Crippen LogP contribution in [0.5, 0.6) is 0 Å². The zero-order chi connectivity index (χ0) is 13.5. The molecule has 3 nitrogen and oxygen atoms in total. The van der Waals surface area contributed by atoms with Crippen LogP contribution < -0.4 is 5.32 Å². The molecule has 19 heavy (non-hydrogen) atoms. The molecule has 1 fully saturated rings. The van der Waals surface area contributed by atoms with E-state index in [2.05, 4.69) is 26.1 Å². The highest BCUT2D eigenvalue weighted by Crippen LogP contribution is 2.14. The maximum atomic E-state index is 13.2. The molecule has 0 aromatic heterocycles. The minimum Gasteiger partial charge on any atom is -0.379 e. The predicted octanol–water partition coefficient (Wildman–Crippen LogP) is 2.40. The van der Waals surface area contributed by atoms with Gasteiger partial charge in [-0.1, -0.05) is 15.9 Å². The number of benzene rings is 1. The number of hydrogen-bond donors (Lipinski definition) is 1. The molecule has 1 aliphatic rings. The van der Waals surface area contributed by atoms with Crippen LogP contribution in [0.2, 0.25) is 0 Å². The van der Waals surface area contributed by atoms with Crippen molar-refractivity contribution in [2.75, 3.05) is 39.4 Å². The summed E-state index contributed by atoms with van der Waals surface area (Å²) in [5.74, 6) is -0.195. The van der Waals surface area contributed by atoms with E-state index in [1.807, 2.05) is 6.07 Å². The number of morpholine rings is 1. The maximum absolute atomic E-state index is 13.2. The maximum Gasteiger partial charge on any atom is 0.124 e. The first-order valence-electron chi connectivity index (χ1n) is 6.70. The van der Waals surface area contributed by atoms with Crippen LogP contribution in [0.3, 0.4) is 0 Å². The lowest BCUT2D eigenvalue weighted by Crippen LogP contribution is -2.37. The van der Waals surface area contributed by atoms with E-state index in [1.165, 1.54) is 6.07 Å². The summed E-state index contributed by atoms with van der Waals surface area (Å²) in [6.45, 7) is 6.54. The van der Waals surface area contributed by atoms with Gasteiger partial charge in [-0.05, 0) is 43.3 Å². The lowest BCUT2D eigenvalue weighted by molar-refractivity contribution is 0.0374. The van der Waals surface area contributed by atoms with Crippen LogP contribution in [0.1, 0.15) is 12.0 Å². The molecule has 106 valence electrons. The van der Waals surface area contributed by atoms with Crippen molar-refractivity contribution in [2.45, 2.75) is 13.0 Å². The number of nitrogens with zero attached hydrogens (tertiary/aromatic N) is 1. The third-order valence-corrected chi connectivity index (χ3v) is 3.64. The summed E-state index contributed by atoms with van der Waals surface area (Å²) in [6, 6.07) is 4.99. The summed E-state index contributed by atoms with van der Waals surface area (Å²) in [5, 5.41) is 3.35. The minimum absolute atomic E-state index is 0.195. The molecule has 1 aromatic carbocycles. The zero-order valence-corrected chi connectivity index (χ0v) is 12.6. The SMILES string of the molecule is Fc1cc(Br)cc(CNCCCN2CCOCC2)c1. The summed E-state index contributed by atoms with van der Waals surface area (Å²) >= 11 is 3.30. The number of rotatable bonds is 6. The molecule has 1 heterocycles. The Morgan fingerprint density at radius 2 is 2.05 bits per heavy atom. The topological polar surface area (TPSA) is 24.5 Å². The molecule has 0 amide bonds. The monoisotopic (exact) mass is 330 g/mol. The van der Waals surface area contributed by atoms with Crippen molar-refractivity contribution in [2.24, 2.45) is 0 Å². The van der Waals surface area contributed by atoms with Gasteiger partial charge in [0, 0.05) is 24.1 Å². The van der Waals surface area contributed by atoms with E-state index < -0.39 is 0 Å². The van der Waals surface area contributed by atoms with Crippen LogP contribution in [0.15, 0.2) is 22.7 Å². The second-order valence-corrected chi connectivity index (χ2v) is 5.68. The Morgan fingerprint density at radius 1 is 1.26 bits per heavy atom. The summed E-state index contributed by atoms with van der Waals surface area (Å²) in [6.07, 6.45) is 1.11. The largest absolute Gasteiger partial charge is 0.379 e. The predicted molar refractivity (Wildman–Crippen MR) is 77.7 cm³/mol. The summed E-state index contributed by atoms with van der Waals surface area (Å²) < 4.78 is 19.3. The average molecular weight is 331 g/mol. The van der Waals surface area contributed by atoms with Gasteiger partial charge in [-0.15, -0.1) is 0 Å². The molecule has 0 bridgehead atoms. The van der Waals surface area contributed by atoms with Gasteiger partial charge in [0.2, 0.25) is 0 Å². The highest BCUT2D eigenvalue weighted by Gasteiger charge is 2.08. The molecule has 1 saturated heterocycles. The second kappa shape index (κ2) is 7.94. The lowest BCUT2D eigenvalue weighted by atomic mass is 10.2. The van der Waals surface area contributed by atoms with Crippen LogP contribution >= 0.6 is 15.9 Å². The van der Waals surface area contributed by atoms with Crippen LogP contribution in [0, 0.1) is 5.82 Å². The first-order chi connectivity index (χ1) is 9.24. The van der Waals surface area contributed by atoms with E-state index >= 15 is 0 Å². The number of ether oxygens (including phenoxy) is 1. The molecule has 5 heteroatoms. The highest BCUT2D eigenvalue weighted by molar-refractivity contribution is 9.10. The van der Waals surface area contributed by atoms with Gasteiger partial charge in [-0.3, -0.25) is 4.90 Å². The fraction of sp³-hybridized carbons (Fsp3) is 0.571. The summed E-state index contributed by atoms with van der Waals surface area (Å²) in [4.78, 5) is 2.42. The molecular formula is C14H20BrFN2O. The van der Waals surface area contributed by atoms with Gasteiger partial charge in [-0.2, -0.15) is 0 Å². The number of hydrogen-bond acceptors (Lipinski definition) is 3. The first-order valence-corrected chi connectivity index (χ1v) is 7.49. The number of halogens is 2. The third kappa shape index (κ3) is 5.57. The van der Waals surface area contributed by atoms with Gasteiger partial charge in [-0.25, -0.2) is 4.39 Å². The fourth-order valence-corrected chi connectivity index (χ4v) is 2.71. The Labute approximate surface area is 122 Å². The van der Waals surface area contributed by atoms with Crippen molar-refractivity contribution in [3.63, 3.8) is 0 Å². The molecule has 0 saturated carbocycles. The smallest absolute Gasteiger partial charge is 0.124 e. The van der Waals surface area contributed by atoms with E-state index in [0.717, 1.165) is 55.8 Å². The van der Waals surface area contributed by atoms with E-state index in [0.29, 0.717) is 6.54 Å². The van der Waals surface area contributed by atoms with Crippen molar-refractivity contribution in [3.05, 3.63) is 34.1 Å². The van der Waals surface area contributed by atoms with Crippen LogP contribution in [-0.2, 0) is 11.3 Å². The first kappa shape index (κ1) is 14.9. The molecular weight excluding hydrogens is 311 g/mol. The van der Waals surface area contributed by atoms with Crippen molar-refractivity contribution in [1.82, 2.24) is 10.2 Å². The van der Waals surface area contributed by atoms with Crippen LogP contribution in [0.25, 0.3) is 0 Å². The Hall–Kier alpha value is -0.490. The quantitative estimate of drug-likeness (QED) is 0.810. The Bertz CT molecular complexity index is 377. The molecule has 0 atom stereocenters. The molecule has 0 unspecified atom stereocenters. The second-order valence-electron chi connectivity index (χ2n) is 4.76. The van der Waals surface area contributed by atoms with Gasteiger partial charge in [0.15, 0.2) is 0 Å². The normalized spacial score (nSPS) is 16.7. The standard InChI is InChI=1S/C14H20BrFN2O/c15-13-8-12(9-14(16)10-13)11-17-2-1-3-18-4-6-19-7-5-18/h8-10,17H,1-7,11H2. The van der Waals surface area contributed by atoms with E-state index in [9.17, 15) is 4.39 Å². The Balaban J connectivity index is 1.60. The Kier molecular flexibility index (Phi) is 6.23. The van der Waals surface area contributed by atoms with E-state index in [1.54, 1.807) is 6.07 Å². The van der Waals surface area contributed by atoms with Crippen molar-refractivity contribution < 1.29 is 9.13 Å². The van der Waals surface area contributed by atoms with E-state index in [4.69, 9.17) is 4.74 Å². The molecule has 1 aromatic rings. The zero-order valence-electron chi connectivity index (χ0n) is 11.0. The van der Waals surface area contributed by atoms with Gasteiger partial charge in [0.1, 0.15) is 5.82 Å². The molecule has 2 rings (SSSR count). The molecule has 0 aliphatic carbocycles. The van der Waals surface area contributed by atoms with Crippen LogP contribution in [0.4, 0.5) is 4.39 Å². The van der Waals surface area contributed by atoms with Gasteiger partial charge >= 0.3 is 0 Å². The van der Waals surface area contributed by atoms with Crippen LogP contribution in [-0.4, -0.2) is 44.3 Å². The van der Waals surface area contributed by atoms with E-state index in [-0.39, 0.29) is 5.82 Å². The van der Waals surface area contributed by atoms with Crippen molar-refractivity contribution in [1.29, 1.82) is 0 Å². The van der Waals surface area contributed by atoms with Gasteiger partial charge in [0.05, 0.1) is 13.2 Å². The number of nitrogens with one attached hydrogen (secondary N) is 1. The summed E-state index contributed by atoms with van der Waals surface area (Å²) in [7, 11) is 0. The molecule has 1 aliphatic heterocycles. The minimum atomic E-state index is -0.195.